The summed E-state index contributed by atoms with van der Waals surface area (Å²) >= 11 is 1.83. The topological polar surface area (TPSA) is 24.1 Å². The second kappa shape index (κ2) is 5.64. The molecule has 2 atom stereocenters. The molecule has 2 heterocycles. The van der Waals surface area contributed by atoms with E-state index in [0.29, 0.717) is 12.1 Å². The summed E-state index contributed by atoms with van der Waals surface area (Å²) in [6.45, 7) is 4.54. The zero-order valence-corrected chi connectivity index (χ0v) is 10.1. The van der Waals surface area contributed by atoms with Gasteiger partial charge in [0.25, 0.3) is 0 Å². The lowest BCUT2D eigenvalue weighted by Gasteiger charge is -2.25. The Bertz CT molecular complexity index is 265. The first-order chi connectivity index (χ1) is 7.36. The monoisotopic (exact) mass is 224 g/mol. The molecule has 2 rings (SSSR count). The van der Waals surface area contributed by atoms with Crippen molar-refractivity contribution >= 4 is 11.3 Å². The third-order valence-electron chi connectivity index (χ3n) is 3.05. The van der Waals surface area contributed by atoms with Gasteiger partial charge in [-0.05, 0) is 37.8 Å². The van der Waals surface area contributed by atoms with E-state index in [4.69, 9.17) is 0 Å². The third-order valence-corrected chi connectivity index (χ3v) is 4.11. The average Bonchev–Trinajstić information content (AvgIpc) is 2.81. The standard InChI is InChI=1S/C12H20N2S/c1-10(12-6-4-8-15-12)14-9-11-5-2-3-7-13-11/h4,6,8,10-11,13-14H,2-3,5,7,9H2,1H3/t10-,11?/m1/s1. The van der Waals surface area contributed by atoms with Crippen LogP contribution in [-0.2, 0) is 0 Å². The maximum absolute atomic E-state index is 3.60. The van der Waals surface area contributed by atoms with Crippen molar-refractivity contribution in [3.8, 4) is 0 Å². The van der Waals surface area contributed by atoms with Crippen LogP contribution in [0.25, 0.3) is 0 Å². The van der Waals surface area contributed by atoms with E-state index in [1.54, 1.807) is 0 Å². The molecule has 1 unspecified atom stereocenters. The molecule has 0 aromatic carbocycles. The van der Waals surface area contributed by atoms with Gasteiger partial charge in [-0.1, -0.05) is 12.5 Å². The third kappa shape index (κ3) is 3.30. The van der Waals surface area contributed by atoms with Crippen molar-refractivity contribution in [2.45, 2.75) is 38.3 Å². The molecule has 1 aliphatic heterocycles. The molecule has 0 spiro atoms. The van der Waals surface area contributed by atoms with Gasteiger partial charge in [-0.3, -0.25) is 0 Å². The highest BCUT2D eigenvalue weighted by Gasteiger charge is 2.13. The van der Waals surface area contributed by atoms with Crippen LogP contribution in [0.5, 0.6) is 0 Å². The second-order valence-electron chi connectivity index (χ2n) is 4.29. The maximum Gasteiger partial charge on any atom is 0.0386 e. The first-order valence-corrected chi connectivity index (χ1v) is 6.74. The normalized spacial score (nSPS) is 23.9. The summed E-state index contributed by atoms with van der Waals surface area (Å²) < 4.78 is 0. The van der Waals surface area contributed by atoms with Crippen molar-refractivity contribution in [1.29, 1.82) is 0 Å². The van der Waals surface area contributed by atoms with Crippen LogP contribution >= 0.6 is 11.3 Å². The van der Waals surface area contributed by atoms with E-state index in [1.165, 1.54) is 30.7 Å². The molecule has 0 saturated carbocycles. The van der Waals surface area contributed by atoms with Crippen molar-refractivity contribution in [3.05, 3.63) is 22.4 Å². The van der Waals surface area contributed by atoms with Gasteiger partial charge in [0.15, 0.2) is 0 Å². The van der Waals surface area contributed by atoms with E-state index in [0.717, 1.165) is 6.54 Å². The minimum absolute atomic E-state index is 0.494. The van der Waals surface area contributed by atoms with Crippen molar-refractivity contribution in [3.63, 3.8) is 0 Å². The quantitative estimate of drug-likeness (QED) is 0.821. The lowest BCUT2D eigenvalue weighted by Crippen LogP contribution is -2.42. The predicted octanol–water partition coefficient (Wildman–Crippen LogP) is 2.54. The van der Waals surface area contributed by atoms with Crippen molar-refractivity contribution in [2.24, 2.45) is 0 Å². The van der Waals surface area contributed by atoms with Crippen molar-refractivity contribution < 1.29 is 0 Å². The number of hydrogen-bond donors (Lipinski definition) is 2. The summed E-state index contributed by atoms with van der Waals surface area (Å²) in [5.41, 5.74) is 0. The maximum atomic E-state index is 3.60. The zero-order chi connectivity index (χ0) is 10.5. The average molecular weight is 224 g/mol. The minimum atomic E-state index is 0.494. The van der Waals surface area contributed by atoms with Gasteiger partial charge >= 0.3 is 0 Å². The lowest BCUT2D eigenvalue weighted by atomic mass is 10.0. The molecule has 1 aromatic heterocycles. The molecular formula is C12H20N2S. The molecular weight excluding hydrogens is 204 g/mol. The van der Waals surface area contributed by atoms with E-state index < -0.39 is 0 Å². The summed E-state index contributed by atoms with van der Waals surface area (Å²) in [6.07, 6.45) is 4.05. The Labute approximate surface area is 96.1 Å². The summed E-state index contributed by atoms with van der Waals surface area (Å²) in [4.78, 5) is 1.44. The highest BCUT2D eigenvalue weighted by atomic mass is 32.1. The Morgan fingerprint density at radius 3 is 3.20 bits per heavy atom. The fourth-order valence-electron chi connectivity index (χ4n) is 2.06. The number of thiophene rings is 1. The molecule has 1 saturated heterocycles. The summed E-state index contributed by atoms with van der Waals surface area (Å²) in [5.74, 6) is 0. The Hall–Kier alpha value is -0.380. The predicted molar refractivity (Wildman–Crippen MR) is 66.4 cm³/mol. The van der Waals surface area contributed by atoms with Gasteiger partial charge < -0.3 is 10.6 Å². The van der Waals surface area contributed by atoms with E-state index in [9.17, 15) is 0 Å². The number of nitrogens with one attached hydrogen (secondary N) is 2. The molecule has 0 radical (unpaired) electrons. The molecule has 0 aliphatic carbocycles. The molecule has 1 aromatic rings. The van der Waals surface area contributed by atoms with Gasteiger partial charge in [0.2, 0.25) is 0 Å². The Balaban J connectivity index is 1.73. The van der Waals surface area contributed by atoms with Crippen LogP contribution in [0.2, 0.25) is 0 Å². The minimum Gasteiger partial charge on any atom is -0.313 e. The van der Waals surface area contributed by atoms with Gasteiger partial charge in [0, 0.05) is 23.5 Å². The van der Waals surface area contributed by atoms with Crippen LogP contribution in [0.3, 0.4) is 0 Å². The molecule has 1 fully saturated rings. The summed E-state index contributed by atoms with van der Waals surface area (Å²) in [6, 6.07) is 5.50. The summed E-state index contributed by atoms with van der Waals surface area (Å²) in [5, 5.41) is 9.31. The van der Waals surface area contributed by atoms with E-state index in [1.807, 2.05) is 11.3 Å². The zero-order valence-electron chi connectivity index (χ0n) is 9.33. The first kappa shape index (κ1) is 11.1. The fourth-order valence-corrected chi connectivity index (χ4v) is 2.81. The van der Waals surface area contributed by atoms with Crippen molar-refractivity contribution in [1.82, 2.24) is 10.6 Å². The van der Waals surface area contributed by atoms with E-state index >= 15 is 0 Å². The van der Waals surface area contributed by atoms with Gasteiger partial charge in [0.05, 0.1) is 0 Å². The highest BCUT2D eigenvalue weighted by Crippen LogP contribution is 2.18. The van der Waals surface area contributed by atoms with Crippen LogP contribution in [0.4, 0.5) is 0 Å². The number of rotatable bonds is 4. The number of piperidine rings is 1. The van der Waals surface area contributed by atoms with E-state index in [-0.39, 0.29) is 0 Å². The Kier molecular flexibility index (Phi) is 4.18. The largest absolute Gasteiger partial charge is 0.313 e. The molecule has 0 bridgehead atoms. The summed E-state index contributed by atoms with van der Waals surface area (Å²) in [7, 11) is 0. The lowest BCUT2D eigenvalue weighted by molar-refractivity contribution is 0.372. The Morgan fingerprint density at radius 2 is 2.53 bits per heavy atom. The number of hydrogen-bond acceptors (Lipinski definition) is 3. The fraction of sp³-hybridized carbons (Fsp3) is 0.667. The molecule has 84 valence electrons. The highest BCUT2D eigenvalue weighted by molar-refractivity contribution is 7.10. The smallest absolute Gasteiger partial charge is 0.0386 e. The van der Waals surface area contributed by atoms with Gasteiger partial charge in [0.1, 0.15) is 0 Å². The van der Waals surface area contributed by atoms with Crippen LogP contribution in [0.1, 0.15) is 37.1 Å². The molecule has 0 amide bonds. The molecule has 2 nitrogen and oxygen atoms in total. The van der Waals surface area contributed by atoms with Gasteiger partial charge in [-0.15, -0.1) is 11.3 Å². The molecule has 1 aliphatic rings. The second-order valence-corrected chi connectivity index (χ2v) is 5.27. The van der Waals surface area contributed by atoms with Crippen LogP contribution in [0.15, 0.2) is 17.5 Å². The van der Waals surface area contributed by atoms with Crippen LogP contribution in [-0.4, -0.2) is 19.1 Å². The SMILES string of the molecule is C[C@@H](NCC1CCCCN1)c1cccs1. The van der Waals surface area contributed by atoms with Crippen molar-refractivity contribution in [2.75, 3.05) is 13.1 Å². The molecule has 15 heavy (non-hydrogen) atoms. The van der Waals surface area contributed by atoms with Gasteiger partial charge in [-0.25, -0.2) is 0 Å². The van der Waals surface area contributed by atoms with Crippen LogP contribution in [0, 0.1) is 0 Å². The molecule has 3 heteroatoms. The van der Waals surface area contributed by atoms with Gasteiger partial charge in [-0.2, -0.15) is 0 Å². The first-order valence-electron chi connectivity index (χ1n) is 5.86. The Morgan fingerprint density at radius 1 is 1.60 bits per heavy atom. The molecule has 2 N–H and O–H groups in total. The van der Waals surface area contributed by atoms with Crippen LogP contribution < -0.4 is 10.6 Å². The van der Waals surface area contributed by atoms with E-state index in [2.05, 4.69) is 35.1 Å².